The van der Waals surface area contributed by atoms with Gasteiger partial charge >= 0.3 is 0 Å². The van der Waals surface area contributed by atoms with E-state index in [0.29, 0.717) is 17.9 Å². The molecule has 104 valence electrons. The number of oxime groups is 1. The Morgan fingerprint density at radius 2 is 2.37 bits per heavy atom. The maximum absolute atomic E-state index is 11.5. The number of hydrogen-bond acceptors (Lipinski definition) is 6. The zero-order valence-electron chi connectivity index (χ0n) is 10.5. The topological polar surface area (TPSA) is 109 Å². The summed E-state index contributed by atoms with van der Waals surface area (Å²) in [6.45, 7) is 2.24. The largest absolute Gasteiger partial charge is 0.409 e. The normalized spacial score (nSPS) is 23.3. The van der Waals surface area contributed by atoms with E-state index in [1.807, 2.05) is 11.8 Å². The Kier molecular flexibility index (Phi) is 3.61. The van der Waals surface area contributed by atoms with Crippen molar-refractivity contribution in [1.82, 2.24) is 4.98 Å². The lowest BCUT2D eigenvalue weighted by Crippen LogP contribution is -2.47. The summed E-state index contributed by atoms with van der Waals surface area (Å²) in [5, 5.41) is 11.6. The molecule has 7 nitrogen and oxygen atoms in total. The molecule has 19 heavy (non-hydrogen) atoms. The lowest BCUT2D eigenvalue weighted by Gasteiger charge is -2.34. The number of anilines is 1. The molecule has 0 bridgehead atoms. The fourth-order valence-electron chi connectivity index (χ4n) is 2.13. The predicted octanol–water partition coefficient (Wildman–Crippen LogP) is -0.201. The highest BCUT2D eigenvalue weighted by atomic mass is 32.2. The monoisotopic (exact) mass is 284 g/mol. The van der Waals surface area contributed by atoms with Crippen LogP contribution in [0.3, 0.4) is 0 Å². The van der Waals surface area contributed by atoms with Crippen molar-refractivity contribution in [3.63, 3.8) is 0 Å². The molecule has 2 rings (SSSR count). The molecule has 0 amide bonds. The zero-order chi connectivity index (χ0) is 14.0. The van der Waals surface area contributed by atoms with Gasteiger partial charge in [-0.05, 0) is 19.1 Å². The standard InChI is InChI=1S/C11H16N4O3S/c1-8-7-19(17,18)5-4-15(8)10-6-9(2-3-13-10)11(12)14-16/h2-3,6,8,16H,4-5,7H2,1H3,(H2,12,14). The Morgan fingerprint density at radius 3 is 3.00 bits per heavy atom. The molecule has 1 unspecified atom stereocenters. The van der Waals surface area contributed by atoms with Gasteiger partial charge in [-0.15, -0.1) is 0 Å². The van der Waals surface area contributed by atoms with Crippen LogP contribution in [0.25, 0.3) is 0 Å². The van der Waals surface area contributed by atoms with Crippen LogP contribution in [0.4, 0.5) is 5.82 Å². The predicted molar refractivity (Wildman–Crippen MR) is 72.2 cm³/mol. The summed E-state index contributed by atoms with van der Waals surface area (Å²) in [4.78, 5) is 6.13. The van der Waals surface area contributed by atoms with Gasteiger partial charge in [0.05, 0.1) is 11.5 Å². The molecule has 1 fully saturated rings. The quantitative estimate of drug-likeness (QED) is 0.337. The van der Waals surface area contributed by atoms with Gasteiger partial charge in [-0.2, -0.15) is 0 Å². The summed E-state index contributed by atoms with van der Waals surface area (Å²) in [6, 6.07) is 3.17. The molecular weight excluding hydrogens is 268 g/mol. The van der Waals surface area contributed by atoms with Crippen molar-refractivity contribution < 1.29 is 13.6 Å². The molecule has 0 aliphatic carbocycles. The van der Waals surface area contributed by atoms with E-state index in [1.165, 1.54) is 0 Å². The van der Waals surface area contributed by atoms with Crippen molar-refractivity contribution in [2.45, 2.75) is 13.0 Å². The lowest BCUT2D eigenvalue weighted by molar-refractivity contribution is 0.318. The second-order valence-corrected chi connectivity index (χ2v) is 6.77. The number of rotatable bonds is 2. The minimum atomic E-state index is -2.96. The number of nitrogens with two attached hydrogens (primary N) is 1. The smallest absolute Gasteiger partial charge is 0.170 e. The molecule has 0 aromatic carbocycles. The van der Waals surface area contributed by atoms with Crippen molar-refractivity contribution in [3.05, 3.63) is 23.9 Å². The molecule has 2 heterocycles. The maximum atomic E-state index is 11.5. The molecule has 1 atom stereocenters. The Balaban J connectivity index is 2.28. The van der Waals surface area contributed by atoms with Crippen LogP contribution in [0.5, 0.6) is 0 Å². The molecular formula is C11H16N4O3S. The summed E-state index contributed by atoms with van der Waals surface area (Å²) < 4.78 is 23.1. The zero-order valence-corrected chi connectivity index (χ0v) is 11.3. The van der Waals surface area contributed by atoms with Gasteiger partial charge < -0.3 is 15.8 Å². The van der Waals surface area contributed by atoms with E-state index in [2.05, 4.69) is 10.1 Å². The first-order valence-corrected chi connectivity index (χ1v) is 7.66. The number of pyridine rings is 1. The molecule has 1 aliphatic rings. The van der Waals surface area contributed by atoms with E-state index >= 15 is 0 Å². The molecule has 1 aromatic rings. The molecule has 0 saturated carbocycles. The van der Waals surface area contributed by atoms with E-state index in [-0.39, 0.29) is 23.4 Å². The van der Waals surface area contributed by atoms with Crippen LogP contribution in [0, 0.1) is 0 Å². The highest BCUT2D eigenvalue weighted by molar-refractivity contribution is 7.91. The van der Waals surface area contributed by atoms with E-state index < -0.39 is 9.84 Å². The van der Waals surface area contributed by atoms with Crippen LogP contribution in [-0.2, 0) is 9.84 Å². The second-order valence-electron chi connectivity index (χ2n) is 4.54. The van der Waals surface area contributed by atoms with Crippen LogP contribution in [-0.4, -0.2) is 48.5 Å². The van der Waals surface area contributed by atoms with Crippen LogP contribution < -0.4 is 10.6 Å². The van der Waals surface area contributed by atoms with Crippen LogP contribution >= 0.6 is 0 Å². The Labute approximate surface area is 111 Å². The van der Waals surface area contributed by atoms with Crippen LogP contribution in [0.15, 0.2) is 23.5 Å². The van der Waals surface area contributed by atoms with E-state index in [4.69, 9.17) is 10.9 Å². The molecule has 8 heteroatoms. The van der Waals surface area contributed by atoms with Gasteiger partial charge in [-0.25, -0.2) is 13.4 Å². The average Bonchev–Trinajstić information content (AvgIpc) is 2.37. The number of nitrogens with zero attached hydrogens (tertiary/aromatic N) is 3. The maximum Gasteiger partial charge on any atom is 0.170 e. The first-order valence-electron chi connectivity index (χ1n) is 5.84. The van der Waals surface area contributed by atoms with Crippen molar-refractivity contribution in [2.24, 2.45) is 10.9 Å². The number of sulfone groups is 1. The SMILES string of the molecule is CC1CS(=O)(=O)CCN1c1cc(/C(N)=N/O)ccn1. The van der Waals surface area contributed by atoms with Crippen molar-refractivity contribution >= 4 is 21.5 Å². The van der Waals surface area contributed by atoms with E-state index in [9.17, 15) is 8.42 Å². The first-order chi connectivity index (χ1) is 8.93. The van der Waals surface area contributed by atoms with Gasteiger partial charge in [-0.3, -0.25) is 0 Å². The van der Waals surface area contributed by atoms with Crippen molar-refractivity contribution in [1.29, 1.82) is 0 Å². The lowest BCUT2D eigenvalue weighted by atomic mass is 10.2. The Morgan fingerprint density at radius 1 is 1.63 bits per heavy atom. The van der Waals surface area contributed by atoms with Gasteiger partial charge in [0, 0.05) is 24.3 Å². The number of hydrogen-bond donors (Lipinski definition) is 2. The van der Waals surface area contributed by atoms with Crippen molar-refractivity contribution in [2.75, 3.05) is 23.0 Å². The third-order valence-electron chi connectivity index (χ3n) is 3.11. The summed E-state index contributed by atoms with van der Waals surface area (Å²) in [7, 11) is -2.96. The highest BCUT2D eigenvalue weighted by Crippen LogP contribution is 2.20. The third-order valence-corrected chi connectivity index (χ3v) is 4.91. The molecule has 1 aromatic heterocycles. The summed E-state index contributed by atoms with van der Waals surface area (Å²) in [5.41, 5.74) is 6.08. The minimum Gasteiger partial charge on any atom is -0.409 e. The Bertz CT molecular complexity index is 600. The minimum absolute atomic E-state index is 0.000865. The number of aromatic nitrogens is 1. The summed E-state index contributed by atoms with van der Waals surface area (Å²) >= 11 is 0. The average molecular weight is 284 g/mol. The van der Waals surface area contributed by atoms with E-state index in [1.54, 1.807) is 18.3 Å². The fourth-order valence-corrected chi connectivity index (χ4v) is 3.69. The first kappa shape index (κ1) is 13.6. The summed E-state index contributed by atoms with van der Waals surface area (Å²) in [6.07, 6.45) is 1.55. The van der Waals surface area contributed by atoms with Crippen LogP contribution in [0.2, 0.25) is 0 Å². The molecule has 0 spiro atoms. The van der Waals surface area contributed by atoms with E-state index in [0.717, 1.165) is 0 Å². The third kappa shape index (κ3) is 2.95. The molecule has 3 N–H and O–H groups in total. The molecule has 1 saturated heterocycles. The van der Waals surface area contributed by atoms with Gasteiger partial charge in [0.25, 0.3) is 0 Å². The van der Waals surface area contributed by atoms with Gasteiger partial charge in [-0.1, -0.05) is 5.16 Å². The van der Waals surface area contributed by atoms with Gasteiger partial charge in [0.2, 0.25) is 0 Å². The van der Waals surface area contributed by atoms with Gasteiger partial charge in [0.15, 0.2) is 15.7 Å². The molecule has 1 aliphatic heterocycles. The van der Waals surface area contributed by atoms with Crippen molar-refractivity contribution in [3.8, 4) is 0 Å². The molecule has 0 radical (unpaired) electrons. The van der Waals surface area contributed by atoms with Gasteiger partial charge in [0.1, 0.15) is 5.82 Å². The fraction of sp³-hybridized carbons (Fsp3) is 0.455. The van der Waals surface area contributed by atoms with Crippen LogP contribution in [0.1, 0.15) is 12.5 Å². The number of amidine groups is 1. The highest BCUT2D eigenvalue weighted by Gasteiger charge is 2.28. The Hall–Kier alpha value is -1.83. The second kappa shape index (κ2) is 5.04. The summed E-state index contributed by atoms with van der Waals surface area (Å²) in [5.74, 6) is 0.863.